The zero-order chi connectivity index (χ0) is 12.0. The van der Waals surface area contributed by atoms with Crippen LogP contribution in [0.4, 0.5) is 0 Å². The second-order valence-electron chi connectivity index (χ2n) is 4.70. The van der Waals surface area contributed by atoms with E-state index in [1.807, 2.05) is 0 Å². The average Bonchev–Trinajstić information content (AvgIpc) is 2.33. The van der Waals surface area contributed by atoms with Crippen molar-refractivity contribution in [1.29, 1.82) is 0 Å². The fraction of sp³-hybridized carbons (Fsp3) is 0.625. The molecule has 90 valence electrons. The lowest BCUT2D eigenvalue weighted by atomic mass is 9.88. The maximum atomic E-state index is 2.44. The SMILES string of the molecule is CCC(CC)c1cccc(C(CC)CC)c1. The maximum Gasteiger partial charge on any atom is -0.0167 e. The molecule has 0 radical (unpaired) electrons. The summed E-state index contributed by atoms with van der Waals surface area (Å²) in [5, 5.41) is 0. The molecule has 1 aromatic carbocycles. The van der Waals surface area contributed by atoms with Crippen molar-refractivity contribution >= 4 is 0 Å². The summed E-state index contributed by atoms with van der Waals surface area (Å²) in [6.07, 6.45) is 5.01. The molecule has 0 saturated heterocycles. The highest BCUT2D eigenvalue weighted by Gasteiger charge is 2.10. The lowest BCUT2D eigenvalue weighted by molar-refractivity contribution is 0.624. The van der Waals surface area contributed by atoms with Crippen LogP contribution in [0, 0.1) is 0 Å². The lowest BCUT2D eigenvalue weighted by Gasteiger charge is -2.17. The minimum absolute atomic E-state index is 0.745. The Morgan fingerprint density at radius 3 is 1.44 bits per heavy atom. The highest BCUT2D eigenvalue weighted by Crippen LogP contribution is 2.28. The first kappa shape index (κ1) is 13.3. The number of hydrogen-bond acceptors (Lipinski definition) is 0. The van der Waals surface area contributed by atoms with E-state index < -0.39 is 0 Å². The summed E-state index contributed by atoms with van der Waals surface area (Å²) in [6.45, 7) is 9.16. The molecule has 0 aliphatic heterocycles. The molecule has 0 amide bonds. The molecule has 0 spiro atoms. The molecule has 0 aromatic heterocycles. The predicted molar refractivity (Wildman–Crippen MR) is 73.1 cm³/mol. The van der Waals surface area contributed by atoms with Crippen LogP contribution in [0.5, 0.6) is 0 Å². The Labute approximate surface area is 101 Å². The van der Waals surface area contributed by atoms with Crippen LogP contribution in [-0.4, -0.2) is 0 Å². The van der Waals surface area contributed by atoms with Crippen LogP contribution in [0.1, 0.15) is 76.3 Å². The van der Waals surface area contributed by atoms with Crippen LogP contribution < -0.4 is 0 Å². The molecule has 0 atom stereocenters. The zero-order valence-corrected chi connectivity index (χ0v) is 11.3. The standard InChI is InChI=1S/C16H26/c1-5-13(6-2)15-10-9-11-16(12-15)14(7-3)8-4/h9-14H,5-8H2,1-4H3. The van der Waals surface area contributed by atoms with Gasteiger partial charge in [0.2, 0.25) is 0 Å². The van der Waals surface area contributed by atoms with E-state index in [0.29, 0.717) is 0 Å². The molecule has 0 fully saturated rings. The molecular formula is C16H26. The third-order valence-electron chi connectivity index (χ3n) is 3.82. The molecule has 0 aliphatic rings. The molecule has 0 bridgehead atoms. The van der Waals surface area contributed by atoms with Crippen LogP contribution in [0.15, 0.2) is 24.3 Å². The molecule has 1 aromatic rings. The van der Waals surface area contributed by atoms with Crippen molar-refractivity contribution in [2.24, 2.45) is 0 Å². The van der Waals surface area contributed by atoms with Crippen molar-refractivity contribution in [2.45, 2.75) is 65.2 Å². The fourth-order valence-corrected chi connectivity index (χ4v) is 2.59. The summed E-state index contributed by atoms with van der Waals surface area (Å²) in [5.74, 6) is 1.49. The van der Waals surface area contributed by atoms with Crippen molar-refractivity contribution < 1.29 is 0 Å². The minimum Gasteiger partial charge on any atom is -0.0648 e. The molecule has 0 heteroatoms. The zero-order valence-electron chi connectivity index (χ0n) is 11.3. The topological polar surface area (TPSA) is 0 Å². The molecule has 0 unspecified atom stereocenters. The van der Waals surface area contributed by atoms with E-state index in [-0.39, 0.29) is 0 Å². The van der Waals surface area contributed by atoms with Gasteiger partial charge in [-0.15, -0.1) is 0 Å². The Kier molecular flexibility index (Phi) is 5.59. The third-order valence-corrected chi connectivity index (χ3v) is 3.82. The first-order chi connectivity index (χ1) is 7.76. The number of rotatable bonds is 6. The first-order valence-electron chi connectivity index (χ1n) is 6.86. The van der Waals surface area contributed by atoms with Crippen LogP contribution in [-0.2, 0) is 0 Å². The Morgan fingerprint density at radius 1 is 0.750 bits per heavy atom. The number of hydrogen-bond donors (Lipinski definition) is 0. The second kappa shape index (κ2) is 6.73. The van der Waals surface area contributed by atoms with Gasteiger partial charge in [-0.3, -0.25) is 0 Å². The van der Waals surface area contributed by atoms with Gasteiger partial charge in [-0.2, -0.15) is 0 Å². The lowest BCUT2D eigenvalue weighted by Crippen LogP contribution is -2.00. The Balaban J connectivity index is 2.93. The van der Waals surface area contributed by atoms with Gasteiger partial charge in [0.15, 0.2) is 0 Å². The van der Waals surface area contributed by atoms with Crippen molar-refractivity contribution in [2.75, 3.05) is 0 Å². The Hall–Kier alpha value is -0.780. The maximum absolute atomic E-state index is 2.44. The molecule has 0 nitrogen and oxygen atoms in total. The third kappa shape index (κ3) is 3.10. The van der Waals surface area contributed by atoms with Crippen molar-refractivity contribution in [3.05, 3.63) is 35.4 Å². The van der Waals surface area contributed by atoms with E-state index in [1.165, 1.54) is 36.8 Å². The van der Waals surface area contributed by atoms with Gasteiger partial charge in [0.25, 0.3) is 0 Å². The summed E-state index contributed by atoms with van der Waals surface area (Å²) in [7, 11) is 0. The van der Waals surface area contributed by atoms with Gasteiger partial charge in [0.05, 0.1) is 0 Å². The van der Waals surface area contributed by atoms with Gasteiger partial charge in [0.1, 0.15) is 0 Å². The Morgan fingerprint density at radius 2 is 1.12 bits per heavy atom. The van der Waals surface area contributed by atoms with Gasteiger partial charge in [-0.05, 0) is 48.6 Å². The monoisotopic (exact) mass is 218 g/mol. The molecule has 1 rings (SSSR count). The summed E-state index contributed by atoms with van der Waals surface area (Å²) in [6, 6.07) is 9.27. The normalized spacial score (nSPS) is 11.4. The molecule has 0 aliphatic carbocycles. The second-order valence-corrected chi connectivity index (χ2v) is 4.70. The van der Waals surface area contributed by atoms with Gasteiger partial charge in [-0.25, -0.2) is 0 Å². The largest absolute Gasteiger partial charge is 0.0648 e. The molecule has 0 heterocycles. The van der Waals surface area contributed by atoms with Gasteiger partial charge < -0.3 is 0 Å². The molecular weight excluding hydrogens is 192 g/mol. The van der Waals surface area contributed by atoms with Crippen LogP contribution in [0.2, 0.25) is 0 Å². The van der Waals surface area contributed by atoms with Crippen LogP contribution in [0.25, 0.3) is 0 Å². The van der Waals surface area contributed by atoms with E-state index in [0.717, 1.165) is 11.8 Å². The summed E-state index contributed by atoms with van der Waals surface area (Å²) < 4.78 is 0. The Bertz CT molecular complexity index is 265. The first-order valence-corrected chi connectivity index (χ1v) is 6.86. The van der Waals surface area contributed by atoms with Gasteiger partial charge in [0, 0.05) is 0 Å². The molecule has 16 heavy (non-hydrogen) atoms. The van der Waals surface area contributed by atoms with Gasteiger partial charge >= 0.3 is 0 Å². The summed E-state index contributed by atoms with van der Waals surface area (Å²) >= 11 is 0. The van der Waals surface area contributed by atoms with Crippen molar-refractivity contribution in [3.8, 4) is 0 Å². The van der Waals surface area contributed by atoms with E-state index in [9.17, 15) is 0 Å². The highest BCUT2D eigenvalue weighted by atomic mass is 14.2. The highest BCUT2D eigenvalue weighted by molar-refractivity contribution is 5.28. The fourth-order valence-electron chi connectivity index (χ4n) is 2.59. The van der Waals surface area contributed by atoms with E-state index in [2.05, 4.69) is 52.0 Å². The van der Waals surface area contributed by atoms with Crippen LogP contribution in [0.3, 0.4) is 0 Å². The smallest absolute Gasteiger partial charge is 0.0167 e. The van der Waals surface area contributed by atoms with E-state index in [1.54, 1.807) is 0 Å². The average molecular weight is 218 g/mol. The van der Waals surface area contributed by atoms with E-state index >= 15 is 0 Å². The minimum atomic E-state index is 0.745. The summed E-state index contributed by atoms with van der Waals surface area (Å²) in [5.41, 5.74) is 3.07. The van der Waals surface area contributed by atoms with Gasteiger partial charge in [-0.1, -0.05) is 52.0 Å². The van der Waals surface area contributed by atoms with Crippen molar-refractivity contribution in [1.82, 2.24) is 0 Å². The predicted octanol–water partition coefficient (Wildman–Crippen LogP) is 5.49. The van der Waals surface area contributed by atoms with E-state index in [4.69, 9.17) is 0 Å². The molecule has 0 N–H and O–H groups in total. The number of benzene rings is 1. The van der Waals surface area contributed by atoms with Crippen LogP contribution >= 0.6 is 0 Å². The molecule has 0 saturated carbocycles. The van der Waals surface area contributed by atoms with Crippen molar-refractivity contribution in [3.63, 3.8) is 0 Å². The quantitative estimate of drug-likeness (QED) is 0.592. The summed E-state index contributed by atoms with van der Waals surface area (Å²) in [4.78, 5) is 0.